The number of aromatic nitrogens is 2. The lowest BCUT2D eigenvalue weighted by Gasteiger charge is -2.09. The molecule has 1 aromatic carbocycles. The van der Waals surface area contributed by atoms with Crippen molar-refractivity contribution in [3.63, 3.8) is 0 Å². The van der Waals surface area contributed by atoms with E-state index >= 15 is 0 Å². The highest BCUT2D eigenvalue weighted by molar-refractivity contribution is 6.37. The smallest absolute Gasteiger partial charge is 0.186 e. The summed E-state index contributed by atoms with van der Waals surface area (Å²) in [5.41, 5.74) is 0.922. The number of hydrogen-bond acceptors (Lipinski definition) is 3. The Balaban J connectivity index is 2.26. The number of nitrogens with zero attached hydrogens (tertiary/aromatic N) is 2. The van der Waals surface area contributed by atoms with Crippen LogP contribution in [0.3, 0.4) is 0 Å². The van der Waals surface area contributed by atoms with E-state index in [9.17, 15) is 4.79 Å². The zero-order valence-corrected chi connectivity index (χ0v) is 13.5. The maximum Gasteiger partial charge on any atom is 0.186 e. The molecule has 1 heterocycles. The van der Waals surface area contributed by atoms with Crippen molar-refractivity contribution in [2.24, 2.45) is 0 Å². The number of carbonyl (C=O) groups excluding carboxylic acids is 1. The molecule has 0 radical (unpaired) electrons. The van der Waals surface area contributed by atoms with Gasteiger partial charge < -0.3 is 4.74 Å². The minimum absolute atomic E-state index is 0.0664. The number of Topliss-reactive ketones (excluding diaryl/α,β-unsaturated/α-hetero) is 1. The molecular weight excluding hydrogens is 335 g/mol. The molecular formula is C14H13Cl3N2O2. The highest BCUT2D eigenvalue weighted by Crippen LogP contribution is 2.27. The molecule has 0 unspecified atom stereocenters. The van der Waals surface area contributed by atoms with Crippen molar-refractivity contribution in [2.75, 3.05) is 13.7 Å². The number of ether oxygens (including phenoxy) is 1. The monoisotopic (exact) mass is 346 g/mol. The summed E-state index contributed by atoms with van der Waals surface area (Å²) in [5, 5.41) is 5.29. The van der Waals surface area contributed by atoms with Crippen LogP contribution >= 0.6 is 34.8 Å². The van der Waals surface area contributed by atoms with E-state index in [1.807, 2.05) is 0 Å². The second-order valence-corrected chi connectivity index (χ2v) is 5.58. The Morgan fingerprint density at radius 2 is 1.90 bits per heavy atom. The van der Waals surface area contributed by atoms with Crippen molar-refractivity contribution < 1.29 is 9.53 Å². The molecule has 0 fully saturated rings. The predicted octanol–water partition coefficient (Wildman–Crippen LogP) is 3.92. The summed E-state index contributed by atoms with van der Waals surface area (Å²) >= 11 is 18.2. The number of benzene rings is 1. The lowest BCUT2D eigenvalue weighted by Crippen LogP contribution is -2.15. The lowest BCUT2D eigenvalue weighted by molar-refractivity contribution is 0.0979. The van der Waals surface area contributed by atoms with Gasteiger partial charge in [0.2, 0.25) is 0 Å². The average molecular weight is 348 g/mol. The van der Waals surface area contributed by atoms with Crippen molar-refractivity contribution in [2.45, 2.75) is 13.0 Å². The third kappa shape index (κ3) is 3.77. The van der Waals surface area contributed by atoms with Crippen molar-refractivity contribution in [1.29, 1.82) is 0 Å². The molecule has 0 saturated carbocycles. The zero-order chi connectivity index (χ0) is 15.4. The number of rotatable bonds is 6. The SMILES string of the molecule is COCCn1ncc(Cl)c1C(=O)Cc1c(Cl)cccc1Cl. The summed E-state index contributed by atoms with van der Waals surface area (Å²) in [6, 6.07) is 5.12. The van der Waals surface area contributed by atoms with Gasteiger partial charge in [-0.25, -0.2) is 0 Å². The van der Waals surface area contributed by atoms with E-state index in [0.29, 0.717) is 39.5 Å². The van der Waals surface area contributed by atoms with Crippen molar-refractivity contribution >= 4 is 40.6 Å². The molecule has 4 nitrogen and oxygen atoms in total. The Bertz CT molecular complexity index is 635. The molecule has 0 aliphatic carbocycles. The molecule has 0 atom stereocenters. The third-order valence-electron chi connectivity index (χ3n) is 2.97. The maximum absolute atomic E-state index is 12.5. The fourth-order valence-electron chi connectivity index (χ4n) is 1.93. The van der Waals surface area contributed by atoms with Gasteiger partial charge in [0, 0.05) is 23.6 Å². The first-order valence-electron chi connectivity index (χ1n) is 6.21. The molecule has 1 aromatic heterocycles. The molecule has 0 spiro atoms. The van der Waals surface area contributed by atoms with Gasteiger partial charge in [0.05, 0.1) is 24.4 Å². The number of hydrogen-bond donors (Lipinski definition) is 0. The van der Waals surface area contributed by atoms with E-state index in [4.69, 9.17) is 39.5 Å². The van der Waals surface area contributed by atoms with Crippen molar-refractivity contribution in [1.82, 2.24) is 9.78 Å². The molecule has 0 aliphatic rings. The first-order valence-corrected chi connectivity index (χ1v) is 7.34. The molecule has 7 heteroatoms. The van der Waals surface area contributed by atoms with Gasteiger partial charge in [-0.1, -0.05) is 40.9 Å². The van der Waals surface area contributed by atoms with Crippen LogP contribution in [0.4, 0.5) is 0 Å². The molecule has 0 amide bonds. The Morgan fingerprint density at radius 3 is 2.52 bits per heavy atom. The number of methoxy groups -OCH3 is 1. The summed E-state index contributed by atoms with van der Waals surface area (Å²) < 4.78 is 6.52. The second kappa shape index (κ2) is 7.27. The van der Waals surface area contributed by atoms with E-state index in [2.05, 4.69) is 5.10 Å². The molecule has 0 saturated heterocycles. The highest BCUT2D eigenvalue weighted by atomic mass is 35.5. The lowest BCUT2D eigenvalue weighted by atomic mass is 10.1. The normalized spacial score (nSPS) is 10.9. The summed E-state index contributed by atoms with van der Waals surface area (Å²) in [7, 11) is 1.58. The Labute approximate surface area is 137 Å². The minimum atomic E-state index is -0.191. The Morgan fingerprint density at radius 1 is 1.24 bits per heavy atom. The molecule has 0 N–H and O–H groups in total. The van der Waals surface area contributed by atoms with Crippen LogP contribution in [0.1, 0.15) is 16.1 Å². The van der Waals surface area contributed by atoms with E-state index < -0.39 is 0 Å². The van der Waals surface area contributed by atoms with Gasteiger partial charge in [-0.05, 0) is 17.7 Å². The first kappa shape index (κ1) is 16.3. The molecule has 0 bridgehead atoms. The van der Waals surface area contributed by atoms with Crippen LogP contribution in [0.25, 0.3) is 0 Å². The largest absolute Gasteiger partial charge is 0.383 e. The highest BCUT2D eigenvalue weighted by Gasteiger charge is 2.20. The predicted molar refractivity (Wildman–Crippen MR) is 83.6 cm³/mol. The zero-order valence-electron chi connectivity index (χ0n) is 11.3. The summed E-state index contributed by atoms with van der Waals surface area (Å²) in [6.45, 7) is 0.881. The van der Waals surface area contributed by atoms with Crippen LogP contribution in [0.15, 0.2) is 24.4 Å². The Hall–Kier alpha value is -1.07. The quantitative estimate of drug-likeness (QED) is 0.744. The van der Waals surface area contributed by atoms with E-state index in [-0.39, 0.29) is 12.2 Å². The Kier molecular flexibility index (Phi) is 5.65. The second-order valence-electron chi connectivity index (χ2n) is 4.36. The summed E-state index contributed by atoms with van der Waals surface area (Å²) in [5.74, 6) is -0.191. The van der Waals surface area contributed by atoms with Crippen molar-refractivity contribution in [3.8, 4) is 0 Å². The fraction of sp³-hybridized carbons (Fsp3) is 0.286. The summed E-state index contributed by atoms with van der Waals surface area (Å²) in [4.78, 5) is 12.5. The number of carbonyl (C=O) groups is 1. The van der Waals surface area contributed by atoms with Crippen molar-refractivity contribution in [3.05, 3.63) is 50.7 Å². The maximum atomic E-state index is 12.5. The molecule has 2 rings (SSSR count). The fourth-order valence-corrected chi connectivity index (χ4v) is 2.71. The van der Waals surface area contributed by atoms with Gasteiger partial charge in [0.25, 0.3) is 0 Å². The molecule has 2 aromatic rings. The molecule has 112 valence electrons. The van der Waals surface area contributed by atoms with Crippen LogP contribution in [0.2, 0.25) is 15.1 Å². The first-order chi connectivity index (χ1) is 10.0. The van der Waals surface area contributed by atoms with Gasteiger partial charge in [-0.3, -0.25) is 9.48 Å². The topological polar surface area (TPSA) is 44.1 Å². The van der Waals surface area contributed by atoms with Crippen LogP contribution in [-0.2, 0) is 17.7 Å². The van der Waals surface area contributed by atoms with Gasteiger partial charge in [0.1, 0.15) is 5.69 Å². The van der Waals surface area contributed by atoms with Gasteiger partial charge in [0.15, 0.2) is 5.78 Å². The van der Waals surface area contributed by atoms with Gasteiger partial charge in [-0.2, -0.15) is 5.10 Å². The average Bonchev–Trinajstić information content (AvgIpc) is 2.81. The van der Waals surface area contributed by atoms with Crippen LogP contribution in [0, 0.1) is 0 Å². The minimum Gasteiger partial charge on any atom is -0.383 e. The van der Waals surface area contributed by atoms with Crippen LogP contribution in [-0.4, -0.2) is 29.3 Å². The number of ketones is 1. The standard InChI is InChI=1S/C14H13Cl3N2O2/c1-21-6-5-19-14(12(17)8-18-19)13(20)7-9-10(15)3-2-4-11(9)16/h2-4,8H,5-7H2,1H3. The van der Waals surface area contributed by atoms with E-state index in [1.54, 1.807) is 25.3 Å². The third-order valence-corrected chi connectivity index (χ3v) is 3.95. The molecule has 0 aliphatic heterocycles. The number of halogens is 3. The van der Waals surface area contributed by atoms with Crippen LogP contribution in [0.5, 0.6) is 0 Å². The van der Waals surface area contributed by atoms with Gasteiger partial charge >= 0.3 is 0 Å². The van der Waals surface area contributed by atoms with E-state index in [0.717, 1.165) is 0 Å². The van der Waals surface area contributed by atoms with Crippen LogP contribution < -0.4 is 0 Å². The summed E-state index contributed by atoms with van der Waals surface area (Å²) in [6.07, 6.45) is 1.51. The van der Waals surface area contributed by atoms with Gasteiger partial charge in [-0.15, -0.1) is 0 Å². The molecule has 21 heavy (non-hydrogen) atoms. The van der Waals surface area contributed by atoms with E-state index in [1.165, 1.54) is 10.9 Å².